The fourth-order valence-corrected chi connectivity index (χ4v) is 4.70. The summed E-state index contributed by atoms with van der Waals surface area (Å²) < 4.78 is 5.84. The van der Waals surface area contributed by atoms with Crippen LogP contribution in [0.5, 0.6) is 5.75 Å². The van der Waals surface area contributed by atoms with Crippen LogP contribution in [0.3, 0.4) is 0 Å². The summed E-state index contributed by atoms with van der Waals surface area (Å²) in [5.41, 5.74) is 2.64. The minimum atomic E-state index is 0.163. The van der Waals surface area contributed by atoms with Crippen LogP contribution in [-0.2, 0) is 0 Å². The van der Waals surface area contributed by atoms with Gasteiger partial charge in [0.1, 0.15) is 5.75 Å². The summed E-state index contributed by atoms with van der Waals surface area (Å²) in [5.74, 6) is 1.81. The topological polar surface area (TPSA) is 38.7 Å². The first-order valence-corrected chi connectivity index (χ1v) is 14.8. The fourth-order valence-electron chi connectivity index (χ4n) is 3.86. The second-order valence-corrected chi connectivity index (χ2v) is 10.3. The van der Waals surface area contributed by atoms with Gasteiger partial charge in [-0.15, -0.1) is 0 Å². The molecule has 0 aromatic heterocycles. The zero-order valence-electron chi connectivity index (χ0n) is 22.0. The molecular formula is C31H45NO2S. The highest BCUT2D eigenvalue weighted by Gasteiger charge is 2.06. The molecule has 4 heteroatoms. The summed E-state index contributed by atoms with van der Waals surface area (Å²) in [6.45, 7) is 5.26. The molecule has 0 heterocycles. The third kappa shape index (κ3) is 13.6. The Morgan fingerprint density at radius 3 is 1.94 bits per heavy atom. The van der Waals surface area contributed by atoms with E-state index in [4.69, 9.17) is 4.74 Å². The van der Waals surface area contributed by atoms with Crippen LogP contribution in [0.25, 0.3) is 0 Å². The third-order valence-corrected chi connectivity index (χ3v) is 7.08. The Morgan fingerprint density at radius 2 is 1.31 bits per heavy atom. The molecule has 0 unspecified atom stereocenters. The summed E-state index contributed by atoms with van der Waals surface area (Å²) in [6, 6.07) is 15.6. The monoisotopic (exact) mass is 495 g/mol. The predicted molar refractivity (Wildman–Crippen MR) is 154 cm³/mol. The molecule has 0 aliphatic rings. The molecule has 0 bridgehead atoms. The molecule has 0 fully saturated rings. The van der Waals surface area contributed by atoms with Crippen molar-refractivity contribution in [1.82, 2.24) is 0 Å². The number of nitrogens with zero attached hydrogens (tertiary/aromatic N) is 1. The van der Waals surface area contributed by atoms with Gasteiger partial charge in [-0.1, -0.05) is 108 Å². The van der Waals surface area contributed by atoms with E-state index in [2.05, 4.69) is 18.8 Å². The molecule has 0 amide bonds. The van der Waals surface area contributed by atoms with Crippen molar-refractivity contribution in [3.63, 3.8) is 0 Å². The SMILES string of the molecule is CCCCCCCCCSC(=O)c1ccc(C=Nc2ccc(OCCCCCCCC)cc2)cc1. The van der Waals surface area contributed by atoms with Crippen molar-refractivity contribution in [3.8, 4) is 5.75 Å². The number of hydrogen-bond donors (Lipinski definition) is 0. The van der Waals surface area contributed by atoms with Crippen molar-refractivity contribution in [1.29, 1.82) is 0 Å². The van der Waals surface area contributed by atoms with Crippen LogP contribution in [0, 0.1) is 0 Å². The van der Waals surface area contributed by atoms with Crippen LogP contribution in [0.4, 0.5) is 5.69 Å². The average Bonchev–Trinajstić information content (AvgIpc) is 2.89. The van der Waals surface area contributed by atoms with Gasteiger partial charge in [0.2, 0.25) is 5.12 Å². The largest absolute Gasteiger partial charge is 0.494 e. The van der Waals surface area contributed by atoms with Gasteiger partial charge in [-0.3, -0.25) is 9.79 Å². The van der Waals surface area contributed by atoms with Gasteiger partial charge >= 0.3 is 0 Å². The van der Waals surface area contributed by atoms with Crippen LogP contribution in [0.2, 0.25) is 0 Å². The van der Waals surface area contributed by atoms with Gasteiger partial charge in [-0.25, -0.2) is 0 Å². The maximum Gasteiger partial charge on any atom is 0.219 e. The Morgan fingerprint density at radius 1 is 0.743 bits per heavy atom. The Balaban J connectivity index is 1.65. The molecule has 0 atom stereocenters. The Kier molecular flexibility index (Phi) is 16.0. The third-order valence-electron chi connectivity index (χ3n) is 6.09. The van der Waals surface area contributed by atoms with Crippen molar-refractivity contribution in [2.75, 3.05) is 12.4 Å². The number of benzene rings is 2. The van der Waals surface area contributed by atoms with Gasteiger partial charge in [0.15, 0.2) is 0 Å². The van der Waals surface area contributed by atoms with E-state index in [1.165, 1.54) is 82.4 Å². The molecule has 0 saturated carbocycles. The highest BCUT2D eigenvalue weighted by molar-refractivity contribution is 8.14. The maximum atomic E-state index is 12.4. The average molecular weight is 496 g/mol. The first-order valence-electron chi connectivity index (χ1n) is 13.8. The van der Waals surface area contributed by atoms with Gasteiger partial charge in [-0.05, 0) is 54.8 Å². The Hall–Kier alpha value is -2.07. The molecule has 0 aliphatic heterocycles. The van der Waals surface area contributed by atoms with E-state index in [0.29, 0.717) is 0 Å². The lowest BCUT2D eigenvalue weighted by atomic mass is 10.1. The normalized spacial score (nSPS) is 11.3. The molecule has 2 rings (SSSR count). The summed E-state index contributed by atoms with van der Waals surface area (Å²) >= 11 is 1.44. The maximum absolute atomic E-state index is 12.4. The molecular weight excluding hydrogens is 450 g/mol. The van der Waals surface area contributed by atoms with E-state index in [-0.39, 0.29) is 5.12 Å². The molecule has 192 valence electrons. The van der Waals surface area contributed by atoms with Crippen LogP contribution in [0.1, 0.15) is 113 Å². The van der Waals surface area contributed by atoms with Gasteiger partial charge in [0.25, 0.3) is 0 Å². The molecule has 35 heavy (non-hydrogen) atoms. The van der Waals surface area contributed by atoms with Crippen molar-refractivity contribution in [2.24, 2.45) is 4.99 Å². The summed E-state index contributed by atoms with van der Waals surface area (Å²) in [5, 5.41) is 0.163. The highest BCUT2D eigenvalue weighted by atomic mass is 32.2. The van der Waals surface area contributed by atoms with E-state index in [9.17, 15) is 4.79 Å². The van der Waals surface area contributed by atoms with Crippen molar-refractivity contribution < 1.29 is 9.53 Å². The smallest absolute Gasteiger partial charge is 0.219 e. The minimum Gasteiger partial charge on any atom is -0.494 e. The molecule has 0 N–H and O–H groups in total. The van der Waals surface area contributed by atoms with E-state index in [1.807, 2.05) is 54.7 Å². The van der Waals surface area contributed by atoms with Gasteiger partial charge in [0.05, 0.1) is 12.3 Å². The zero-order valence-corrected chi connectivity index (χ0v) is 22.8. The molecule has 0 spiro atoms. The molecule has 0 saturated heterocycles. The number of carbonyl (C=O) groups excluding carboxylic acids is 1. The number of ether oxygens (including phenoxy) is 1. The van der Waals surface area contributed by atoms with Crippen molar-refractivity contribution >= 4 is 28.8 Å². The van der Waals surface area contributed by atoms with Crippen LogP contribution in [0.15, 0.2) is 53.5 Å². The number of rotatable bonds is 19. The molecule has 0 aliphatic carbocycles. The molecule has 3 nitrogen and oxygen atoms in total. The van der Waals surface area contributed by atoms with E-state index in [1.54, 1.807) is 0 Å². The van der Waals surface area contributed by atoms with Crippen molar-refractivity contribution in [3.05, 3.63) is 59.7 Å². The molecule has 2 aromatic carbocycles. The zero-order chi connectivity index (χ0) is 25.0. The molecule has 0 radical (unpaired) electrons. The van der Waals surface area contributed by atoms with Crippen LogP contribution in [-0.4, -0.2) is 23.7 Å². The minimum absolute atomic E-state index is 0.163. The first-order chi connectivity index (χ1) is 17.2. The lowest BCUT2D eigenvalue weighted by Crippen LogP contribution is -1.97. The lowest BCUT2D eigenvalue weighted by molar-refractivity contribution is 0.108. The van der Waals surface area contributed by atoms with Crippen LogP contribution < -0.4 is 4.74 Å². The number of hydrogen-bond acceptors (Lipinski definition) is 4. The number of aliphatic imine (C=N–C) groups is 1. The lowest BCUT2D eigenvalue weighted by Gasteiger charge is -2.06. The van der Waals surface area contributed by atoms with E-state index < -0.39 is 0 Å². The fraction of sp³-hybridized carbons (Fsp3) is 0.548. The standard InChI is InChI=1S/C31H45NO2S/c1-3-5-7-9-11-13-15-25-35-31(33)28-18-16-27(17-19-28)26-32-29-20-22-30(23-21-29)34-24-14-12-10-8-6-4-2/h16-23,26H,3-15,24-25H2,1-2H3. The summed E-state index contributed by atoms with van der Waals surface area (Å²) in [4.78, 5) is 17.0. The van der Waals surface area contributed by atoms with Gasteiger partial charge in [0, 0.05) is 17.5 Å². The second-order valence-electron chi connectivity index (χ2n) is 9.25. The van der Waals surface area contributed by atoms with Gasteiger partial charge in [-0.2, -0.15) is 0 Å². The summed E-state index contributed by atoms with van der Waals surface area (Å²) in [7, 11) is 0. The van der Waals surface area contributed by atoms with Crippen molar-refractivity contribution in [2.45, 2.75) is 97.3 Å². The predicted octanol–water partition coefficient (Wildman–Crippen LogP) is 9.80. The summed E-state index contributed by atoms with van der Waals surface area (Å²) in [6.07, 6.45) is 18.4. The number of unbranched alkanes of at least 4 members (excludes halogenated alkanes) is 11. The quantitative estimate of drug-likeness (QED) is 0.144. The van der Waals surface area contributed by atoms with Crippen LogP contribution >= 0.6 is 11.8 Å². The Labute approximate surface area is 218 Å². The molecule has 2 aromatic rings. The second kappa shape index (κ2) is 19.2. The Bertz CT molecular complexity index is 830. The van der Waals surface area contributed by atoms with Gasteiger partial charge < -0.3 is 4.74 Å². The van der Waals surface area contributed by atoms with E-state index >= 15 is 0 Å². The first kappa shape index (κ1) is 29.2. The number of thioether (sulfide) groups is 1. The van der Waals surface area contributed by atoms with E-state index in [0.717, 1.165) is 47.8 Å². The highest BCUT2D eigenvalue weighted by Crippen LogP contribution is 2.20. The number of carbonyl (C=O) groups is 1.